The molecule has 3 atom stereocenters. The molecule has 0 aliphatic carbocycles. The lowest BCUT2D eigenvalue weighted by Crippen LogP contribution is -2.48. The second kappa shape index (κ2) is 18.0. The summed E-state index contributed by atoms with van der Waals surface area (Å²) in [5, 5.41) is 16.3. The Balaban J connectivity index is 1.20. The molecule has 2 fully saturated rings. The van der Waals surface area contributed by atoms with E-state index in [-0.39, 0.29) is 60.5 Å². The topological polar surface area (TPSA) is 175 Å². The zero-order valence-corrected chi connectivity index (χ0v) is 29.2. The second-order valence-electron chi connectivity index (χ2n) is 13.7. The minimum Gasteiger partial charge on any atom is -0.445 e. The number of aryl methyl sites for hydroxylation is 1. The van der Waals surface area contributed by atoms with Crippen molar-refractivity contribution >= 4 is 29.7 Å². The van der Waals surface area contributed by atoms with Crippen molar-refractivity contribution in [2.24, 2.45) is 11.8 Å². The maximum Gasteiger partial charge on any atom is 0.410 e. The van der Waals surface area contributed by atoms with Gasteiger partial charge in [0.15, 0.2) is 5.76 Å². The molecule has 0 radical (unpaired) electrons. The molecule has 4 N–H and O–H groups in total. The third kappa shape index (κ3) is 10.3. The number of hydrogen-bond donors (Lipinski definition) is 4. The van der Waals surface area contributed by atoms with Gasteiger partial charge in [0.25, 0.3) is 5.91 Å². The normalized spacial score (nSPS) is 22.6. The summed E-state index contributed by atoms with van der Waals surface area (Å²) in [7, 11) is 0. The molecule has 3 aliphatic heterocycles. The molecule has 2 aromatic rings. The first-order valence-corrected chi connectivity index (χ1v) is 17.9. The Morgan fingerprint density at radius 2 is 1.74 bits per heavy atom. The fraction of sp³-hybridized carbons (Fsp3) is 0.611. The molecular formula is C36H51N7O7. The molecule has 1 aromatic heterocycles. The van der Waals surface area contributed by atoms with E-state index < -0.39 is 18.0 Å². The van der Waals surface area contributed by atoms with Crippen LogP contribution < -0.4 is 21.3 Å². The maximum atomic E-state index is 13.6. The van der Waals surface area contributed by atoms with Crippen LogP contribution in [-0.4, -0.2) is 96.0 Å². The van der Waals surface area contributed by atoms with Gasteiger partial charge in [-0.1, -0.05) is 35.5 Å². The third-order valence-corrected chi connectivity index (χ3v) is 10.1. The summed E-state index contributed by atoms with van der Waals surface area (Å²) in [6.07, 6.45) is 4.80. The number of carbonyl (C=O) groups is 5. The number of carbonyl (C=O) groups excluding carboxylic acids is 5. The summed E-state index contributed by atoms with van der Waals surface area (Å²) in [6, 6.07) is 9.07. The molecule has 5 rings (SSSR count). The highest BCUT2D eigenvalue weighted by Crippen LogP contribution is 2.30. The molecule has 14 nitrogen and oxygen atoms in total. The van der Waals surface area contributed by atoms with Crippen LogP contribution >= 0.6 is 0 Å². The van der Waals surface area contributed by atoms with E-state index in [0.717, 1.165) is 44.5 Å². The Labute approximate surface area is 293 Å². The van der Waals surface area contributed by atoms with Crippen LogP contribution in [-0.2, 0) is 32.3 Å². The number of benzene rings is 1. The van der Waals surface area contributed by atoms with Crippen LogP contribution in [0.1, 0.15) is 85.7 Å². The highest BCUT2D eigenvalue weighted by atomic mass is 16.6. The fourth-order valence-corrected chi connectivity index (χ4v) is 7.15. The summed E-state index contributed by atoms with van der Waals surface area (Å²) < 4.78 is 11.0. The quantitative estimate of drug-likeness (QED) is 0.303. The van der Waals surface area contributed by atoms with Gasteiger partial charge in [-0.3, -0.25) is 19.2 Å². The van der Waals surface area contributed by atoms with Crippen molar-refractivity contribution in [2.45, 2.75) is 90.4 Å². The van der Waals surface area contributed by atoms with Crippen molar-refractivity contribution in [1.82, 2.24) is 36.2 Å². The minimum atomic E-state index is -0.783. The van der Waals surface area contributed by atoms with Crippen molar-refractivity contribution in [2.75, 3.05) is 39.3 Å². The first-order chi connectivity index (χ1) is 24.2. The number of hydrogen-bond acceptors (Lipinski definition) is 9. The first-order valence-electron chi connectivity index (χ1n) is 17.9. The molecule has 14 heteroatoms. The monoisotopic (exact) mass is 693 g/mol. The lowest BCUT2D eigenvalue weighted by atomic mass is 9.81. The zero-order chi connectivity index (χ0) is 35.5. The van der Waals surface area contributed by atoms with Gasteiger partial charge in [-0.25, -0.2) is 4.79 Å². The Morgan fingerprint density at radius 3 is 2.50 bits per heavy atom. The number of likely N-dealkylation sites (tertiary alicyclic amines) is 2. The van der Waals surface area contributed by atoms with Crippen LogP contribution in [0, 0.1) is 18.8 Å². The standard InChI is InChI=1S/C36H51N7O7/c1-24-33-31(50-41-24)21-39-32(45)20-27-12-17-43(36(48)49-23-26-8-4-3-5-9-26)22-28(27)11-16-38-34(46)30(40-35(33)47)10-6-7-15-37-29-13-18-42(19-14-29)25(2)44/h3-5,8-9,27-30,37H,6-7,10-23H2,1-2H3,(H,38,46)(H,39,45)(H,40,47)/t27-,28-,30-/m0/s1. The van der Waals surface area contributed by atoms with Gasteiger partial charge in [-0.05, 0) is 75.8 Å². The fourth-order valence-electron chi connectivity index (χ4n) is 7.15. The number of rotatable bonds is 8. The number of amides is 5. The van der Waals surface area contributed by atoms with Gasteiger partial charge in [0.1, 0.15) is 18.2 Å². The average molecular weight is 694 g/mol. The summed E-state index contributed by atoms with van der Waals surface area (Å²) in [6.45, 7) is 6.92. The molecule has 1 aromatic carbocycles. The van der Waals surface area contributed by atoms with E-state index in [1.54, 1.807) is 18.7 Å². The number of nitrogens with zero attached hydrogens (tertiary/aromatic N) is 3. The van der Waals surface area contributed by atoms with E-state index in [1.807, 2.05) is 35.2 Å². The predicted molar refractivity (Wildman–Crippen MR) is 184 cm³/mol. The summed E-state index contributed by atoms with van der Waals surface area (Å²) in [5.74, 6) is -0.658. The average Bonchev–Trinajstić information content (AvgIpc) is 3.49. The second-order valence-corrected chi connectivity index (χ2v) is 13.7. The first kappa shape index (κ1) is 36.8. The Hall–Kier alpha value is -4.46. The summed E-state index contributed by atoms with van der Waals surface area (Å²) in [4.78, 5) is 68.3. The smallest absolute Gasteiger partial charge is 0.410 e. The summed E-state index contributed by atoms with van der Waals surface area (Å²) in [5.41, 5.74) is 1.50. The molecule has 50 heavy (non-hydrogen) atoms. The lowest BCUT2D eigenvalue weighted by Gasteiger charge is -2.38. The van der Waals surface area contributed by atoms with Crippen LogP contribution in [0.2, 0.25) is 0 Å². The number of unbranched alkanes of at least 4 members (excludes halogenated alkanes) is 1. The van der Waals surface area contributed by atoms with Crippen molar-refractivity contribution in [3.8, 4) is 0 Å². The lowest BCUT2D eigenvalue weighted by molar-refractivity contribution is -0.130. The Kier molecular flexibility index (Phi) is 13.2. The van der Waals surface area contributed by atoms with Gasteiger partial charge in [0.05, 0.1) is 12.2 Å². The van der Waals surface area contributed by atoms with E-state index in [0.29, 0.717) is 57.1 Å². The maximum absolute atomic E-state index is 13.6. The Morgan fingerprint density at radius 1 is 0.980 bits per heavy atom. The van der Waals surface area contributed by atoms with E-state index in [2.05, 4.69) is 26.4 Å². The number of piperidine rings is 2. The predicted octanol–water partition coefficient (Wildman–Crippen LogP) is 2.65. The van der Waals surface area contributed by atoms with Gasteiger partial charge in [-0.15, -0.1) is 0 Å². The Bertz CT molecular complexity index is 1470. The molecule has 2 saturated heterocycles. The van der Waals surface area contributed by atoms with Gasteiger partial charge >= 0.3 is 6.09 Å². The number of fused-ring (bicyclic) bond motifs is 2. The van der Waals surface area contributed by atoms with Crippen LogP contribution in [0.3, 0.4) is 0 Å². The molecule has 4 heterocycles. The molecule has 0 bridgehead atoms. The molecule has 0 saturated carbocycles. The van der Waals surface area contributed by atoms with E-state index >= 15 is 0 Å². The highest BCUT2D eigenvalue weighted by molar-refractivity contribution is 5.99. The number of aromatic nitrogens is 1. The van der Waals surface area contributed by atoms with Gasteiger partial charge in [0.2, 0.25) is 17.7 Å². The largest absolute Gasteiger partial charge is 0.445 e. The van der Waals surface area contributed by atoms with Crippen molar-refractivity contribution in [3.63, 3.8) is 0 Å². The molecule has 5 amide bonds. The molecule has 0 spiro atoms. The number of ether oxygens (including phenoxy) is 1. The van der Waals surface area contributed by atoms with E-state index in [9.17, 15) is 24.0 Å². The molecule has 3 aliphatic rings. The van der Waals surface area contributed by atoms with Crippen LogP contribution in [0.5, 0.6) is 0 Å². The number of nitrogens with one attached hydrogen (secondary N) is 4. The van der Waals surface area contributed by atoms with E-state index in [1.165, 1.54) is 0 Å². The summed E-state index contributed by atoms with van der Waals surface area (Å²) >= 11 is 0. The minimum absolute atomic E-state index is 0.00831. The van der Waals surface area contributed by atoms with E-state index in [4.69, 9.17) is 9.26 Å². The van der Waals surface area contributed by atoms with Gasteiger partial charge in [0, 0.05) is 52.1 Å². The zero-order valence-electron chi connectivity index (χ0n) is 29.2. The molecule has 272 valence electrons. The van der Waals surface area contributed by atoms with Gasteiger partial charge in [-0.2, -0.15) is 0 Å². The molecule has 0 unspecified atom stereocenters. The molecular weight excluding hydrogens is 642 g/mol. The van der Waals surface area contributed by atoms with Crippen LogP contribution in [0.15, 0.2) is 34.9 Å². The highest BCUT2D eigenvalue weighted by Gasteiger charge is 2.34. The SMILES string of the molecule is CC(=O)N1CCC(NCCCC[C@@H]2NC(=O)c3c(C)noc3CNC(=O)C[C@@H]3CCN(C(=O)OCc4ccccc4)C[C@@H]3CCNC2=O)CC1. The van der Waals surface area contributed by atoms with Crippen molar-refractivity contribution < 1.29 is 33.2 Å². The van der Waals surface area contributed by atoms with Crippen molar-refractivity contribution in [3.05, 3.63) is 52.9 Å². The van der Waals surface area contributed by atoms with Gasteiger partial charge < -0.3 is 40.3 Å². The van der Waals surface area contributed by atoms with Crippen LogP contribution in [0.25, 0.3) is 0 Å². The third-order valence-electron chi connectivity index (χ3n) is 10.1. The van der Waals surface area contributed by atoms with Crippen molar-refractivity contribution in [1.29, 1.82) is 0 Å². The van der Waals surface area contributed by atoms with Crippen LogP contribution in [0.4, 0.5) is 4.79 Å².